The number of aliphatic hydroxyl groups is 1. The van der Waals surface area contributed by atoms with E-state index < -0.39 is 18.1 Å². The summed E-state index contributed by atoms with van der Waals surface area (Å²) in [6.45, 7) is 3.62. The number of nitrogens with one attached hydrogen (secondary N) is 1. The van der Waals surface area contributed by atoms with Crippen LogP contribution in [0.15, 0.2) is 12.2 Å². The van der Waals surface area contributed by atoms with Crippen LogP contribution in [0.3, 0.4) is 0 Å². The van der Waals surface area contributed by atoms with Gasteiger partial charge in [0, 0.05) is 6.42 Å². The van der Waals surface area contributed by atoms with Gasteiger partial charge in [0.25, 0.3) is 0 Å². The van der Waals surface area contributed by atoms with Crippen molar-refractivity contribution in [1.29, 1.82) is 0 Å². The molecule has 5 heteroatoms. The first-order valence-electron chi connectivity index (χ1n) is 11.3. The van der Waals surface area contributed by atoms with E-state index >= 15 is 0 Å². The van der Waals surface area contributed by atoms with Crippen LogP contribution in [0.5, 0.6) is 0 Å². The molecule has 3 N–H and O–H groups in total. The van der Waals surface area contributed by atoms with Crippen molar-refractivity contribution in [2.75, 3.05) is 0 Å². The van der Waals surface area contributed by atoms with Gasteiger partial charge in [0.05, 0.1) is 6.10 Å². The van der Waals surface area contributed by atoms with Crippen LogP contribution >= 0.6 is 0 Å². The fourth-order valence-corrected chi connectivity index (χ4v) is 3.17. The zero-order valence-electron chi connectivity index (χ0n) is 18.1. The zero-order valence-corrected chi connectivity index (χ0v) is 18.1. The Balaban J connectivity index is 3.43. The molecule has 0 aromatic heterocycles. The normalized spacial score (nSPS) is 13.5. The average molecular weight is 398 g/mol. The van der Waals surface area contributed by atoms with Crippen LogP contribution in [0, 0.1) is 0 Å². The minimum atomic E-state index is -1.22. The lowest BCUT2D eigenvalue weighted by atomic mass is 10.1. The summed E-state index contributed by atoms with van der Waals surface area (Å²) < 4.78 is 0. The molecule has 0 saturated carbocycles. The largest absolute Gasteiger partial charge is 0.480 e. The molecule has 1 amide bonds. The Hall–Kier alpha value is -1.36. The summed E-state index contributed by atoms with van der Waals surface area (Å²) in [4.78, 5) is 22.6. The van der Waals surface area contributed by atoms with Gasteiger partial charge in [-0.3, -0.25) is 4.79 Å². The molecule has 0 aliphatic heterocycles. The lowest BCUT2D eigenvalue weighted by molar-refractivity contribution is -0.144. The maximum Gasteiger partial charge on any atom is 0.328 e. The van der Waals surface area contributed by atoms with Crippen molar-refractivity contribution in [3.63, 3.8) is 0 Å². The standard InChI is InChI=1S/C23H43NO4/c1-3-4-5-6-7-8-9-10-11-12-13-14-15-16-17-18-19-21(26)24-22(20(2)25)23(27)28/h11-12,20,22,25H,3-10,13-19H2,1-2H3,(H,24,26)(H,27,28)/b12-11-/t20-,22+/m1/s1. The molecule has 0 fully saturated rings. The van der Waals surface area contributed by atoms with Crippen LogP contribution in [0.4, 0.5) is 0 Å². The van der Waals surface area contributed by atoms with E-state index in [4.69, 9.17) is 5.11 Å². The van der Waals surface area contributed by atoms with E-state index in [0.29, 0.717) is 6.42 Å². The number of hydrogen-bond donors (Lipinski definition) is 3. The molecule has 0 rings (SSSR count). The Labute approximate surface area is 172 Å². The molecule has 5 nitrogen and oxygen atoms in total. The summed E-state index contributed by atoms with van der Waals surface area (Å²) in [5.41, 5.74) is 0. The minimum absolute atomic E-state index is 0.304. The van der Waals surface area contributed by atoms with E-state index in [1.54, 1.807) is 0 Å². The molecular formula is C23H43NO4. The molecule has 0 bridgehead atoms. The van der Waals surface area contributed by atoms with Gasteiger partial charge >= 0.3 is 5.97 Å². The second kappa shape index (κ2) is 19.0. The van der Waals surface area contributed by atoms with Gasteiger partial charge in [-0.1, -0.05) is 76.9 Å². The highest BCUT2D eigenvalue weighted by Gasteiger charge is 2.24. The highest BCUT2D eigenvalue weighted by Crippen LogP contribution is 2.10. The fraction of sp³-hybridized carbons (Fsp3) is 0.826. The maximum absolute atomic E-state index is 11.7. The minimum Gasteiger partial charge on any atom is -0.480 e. The van der Waals surface area contributed by atoms with Crippen molar-refractivity contribution in [1.82, 2.24) is 5.32 Å². The van der Waals surface area contributed by atoms with Gasteiger partial charge in [-0.05, 0) is 39.0 Å². The number of aliphatic hydroxyl groups excluding tert-OH is 1. The summed E-state index contributed by atoms with van der Waals surface area (Å²) in [6, 6.07) is -1.22. The SMILES string of the molecule is CCCCCCCCC/C=C\CCCCCCCC(=O)N[C@H](C(=O)O)[C@@H](C)O. The second-order valence-electron chi connectivity index (χ2n) is 7.81. The number of amides is 1. The van der Waals surface area contributed by atoms with Crippen LogP contribution in [0.2, 0.25) is 0 Å². The molecule has 0 aliphatic rings. The van der Waals surface area contributed by atoms with Crippen molar-refractivity contribution in [3.05, 3.63) is 12.2 Å². The van der Waals surface area contributed by atoms with Crippen LogP contribution in [0.25, 0.3) is 0 Å². The lowest BCUT2D eigenvalue weighted by Crippen LogP contribution is -2.47. The van der Waals surface area contributed by atoms with E-state index in [0.717, 1.165) is 32.1 Å². The summed E-state index contributed by atoms with van der Waals surface area (Å²) in [6.07, 6.45) is 20.8. The van der Waals surface area contributed by atoms with Crippen LogP contribution in [-0.2, 0) is 9.59 Å². The average Bonchev–Trinajstić information content (AvgIpc) is 2.65. The highest BCUT2D eigenvalue weighted by atomic mass is 16.4. The van der Waals surface area contributed by atoms with Crippen molar-refractivity contribution in [2.45, 2.75) is 122 Å². The molecule has 0 aromatic carbocycles. The molecule has 0 spiro atoms. The van der Waals surface area contributed by atoms with Gasteiger partial charge < -0.3 is 15.5 Å². The number of carboxylic acid groups (broad SMARTS) is 1. The summed E-state index contributed by atoms with van der Waals surface area (Å²) in [7, 11) is 0. The van der Waals surface area contributed by atoms with Gasteiger partial charge in [-0.25, -0.2) is 4.79 Å². The van der Waals surface area contributed by atoms with E-state index in [9.17, 15) is 14.7 Å². The molecule has 0 radical (unpaired) electrons. The van der Waals surface area contributed by atoms with E-state index in [1.807, 2.05) is 0 Å². The van der Waals surface area contributed by atoms with E-state index in [2.05, 4.69) is 24.4 Å². The van der Waals surface area contributed by atoms with Crippen molar-refractivity contribution in [2.24, 2.45) is 0 Å². The number of aliphatic carboxylic acids is 1. The number of allylic oxidation sites excluding steroid dienone is 2. The lowest BCUT2D eigenvalue weighted by Gasteiger charge is -2.16. The molecule has 0 saturated heterocycles. The zero-order chi connectivity index (χ0) is 21.0. The van der Waals surface area contributed by atoms with Gasteiger partial charge in [-0.15, -0.1) is 0 Å². The second-order valence-corrected chi connectivity index (χ2v) is 7.81. The Kier molecular flexibility index (Phi) is 18.1. The number of carboxylic acids is 1. The Morgan fingerprint density at radius 3 is 1.75 bits per heavy atom. The maximum atomic E-state index is 11.7. The fourth-order valence-electron chi connectivity index (χ4n) is 3.17. The molecule has 0 unspecified atom stereocenters. The van der Waals surface area contributed by atoms with Crippen molar-refractivity contribution >= 4 is 11.9 Å². The molecule has 28 heavy (non-hydrogen) atoms. The Morgan fingerprint density at radius 1 is 0.821 bits per heavy atom. The van der Waals surface area contributed by atoms with Crippen LogP contribution in [-0.4, -0.2) is 34.2 Å². The predicted octanol–water partition coefficient (Wildman–Crippen LogP) is 5.36. The smallest absolute Gasteiger partial charge is 0.328 e. The van der Waals surface area contributed by atoms with Gasteiger partial charge in [0.2, 0.25) is 5.91 Å². The first-order chi connectivity index (χ1) is 13.5. The number of hydrogen-bond acceptors (Lipinski definition) is 3. The number of unbranched alkanes of at least 4 members (excludes halogenated alkanes) is 12. The predicted molar refractivity (Wildman–Crippen MR) is 115 cm³/mol. The molecule has 0 heterocycles. The topological polar surface area (TPSA) is 86.6 Å². The van der Waals surface area contributed by atoms with Crippen LogP contribution < -0.4 is 5.32 Å². The number of carbonyl (C=O) groups excluding carboxylic acids is 1. The third-order valence-corrected chi connectivity index (χ3v) is 4.98. The van der Waals surface area contributed by atoms with E-state index in [-0.39, 0.29) is 5.91 Å². The number of rotatable bonds is 19. The Bertz CT molecular complexity index is 421. The first-order valence-corrected chi connectivity index (χ1v) is 11.3. The Morgan fingerprint density at radius 2 is 1.29 bits per heavy atom. The molecule has 164 valence electrons. The molecule has 2 atom stereocenters. The van der Waals surface area contributed by atoms with E-state index in [1.165, 1.54) is 64.7 Å². The van der Waals surface area contributed by atoms with Gasteiger partial charge in [-0.2, -0.15) is 0 Å². The molecule has 0 aliphatic carbocycles. The summed E-state index contributed by atoms with van der Waals surface area (Å²) in [5, 5.41) is 20.6. The third kappa shape index (κ3) is 16.8. The van der Waals surface area contributed by atoms with Crippen molar-refractivity contribution in [3.8, 4) is 0 Å². The highest BCUT2D eigenvalue weighted by molar-refractivity contribution is 5.83. The summed E-state index contributed by atoms with van der Waals surface area (Å²) in [5.74, 6) is -1.51. The van der Waals surface area contributed by atoms with Gasteiger partial charge in [0.15, 0.2) is 6.04 Å². The van der Waals surface area contributed by atoms with Crippen molar-refractivity contribution < 1.29 is 19.8 Å². The molecular weight excluding hydrogens is 354 g/mol. The number of carbonyl (C=O) groups is 2. The monoisotopic (exact) mass is 397 g/mol. The summed E-state index contributed by atoms with van der Waals surface area (Å²) >= 11 is 0. The third-order valence-electron chi connectivity index (χ3n) is 4.98. The quantitative estimate of drug-likeness (QED) is 0.202. The van der Waals surface area contributed by atoms with Crippen LogP contribution in [0.1, 0.15) is 110 Å². The first kappa shape index (κ1) is 26.6. The van der Waals surface area contributed by atoms with Gasteiger partial charge in [0.1, 0.15) is 0 Å². The molecule has 0 aromatic rings.